The minimum Gasteiger partial charge on any atom is -0.480 e. The summed E-state index contributed by atoms with van der Waals surface area (Å²) in [6.07, 6.45) is -1.13. The molecule has 0 aliphatic carbocycles. The predicted molar refractivity (Wildman–Crippen MR) is 92.6 cm³/mol. The molecule has 0 saturated carbocycles. The number of carbonyl (C=O) groups excluding carboxylic acids is 1. The minimum absolute atomic E-state index is 0.132. The third-order valence-corrected chi connectivity index (χ3v) is 4.12. The van der Waals surface area contributed by atoms with E-state index in [4.69, 9.17) is 4.74 Å². The van der Waals surface area contributed by atoms with Crippen LogP contribution in [0.3, 0.4) is 0 Å². The van der Waals surface area contributed by atoms with E-state index >= 15 is 0 Å². The number of aliphatic carboxylic acids is 2. The molecule has 0 unspecified atom stereocenters. The molecule has 0 spiro atoms. The zero-order chi connectivity index (χ0) is 19.5. The number of hydrogen-bond acceptors (Lipinski definition) is 5. The van der Waals surface area contributed by atoms with E-state index < -0.39 is 35.2 Å². The number of nitrogens with one attached hydrogen (secondary N) is 1. The summed E-state index contributed by atoms with van der Waals surface area (Å²) in [5.41, 5.74) is -1.66. The van der Waals surface area contributed by atoms with Crippen LogP contribution < -0.4 is 5.32 Å². The van der Waals surface area contributed by atoms with E-state index in [1.165, 1.54) is 0 Å². The number of benzene rings is 1. The van der Waals surface area contributed by atoms with E-state index in [1.807, 2.05) is 30.3 Å². The Morgan fingerprint density at radius 3 is 2.35 bits per heavy atom. The predicted octanol–water partition coefficient (Wildman–Crippen LogP) is 1.69. The maximum Gasteiger partial charge on any atom is 0.408 e. The lowest BCUT2D eigenvalue weighted by Crippen LogP contribution is -2.57. The van der Waals surface area contributed by atoms with Crippen LogP contribution in [0.5, 0.6) is 0 Å². The van der Waals surface area contributed by atoms with E-state index in [0.717, 1.165) is 5.56 Å². The van der Waals surface area contributed by atoms with Crippen molar-refractivity contribution in [2.75, 3.05) is 6.54 Å². The fraction of sp³-hybridized carbons (Fsp3) is 0.500. The van der Waals surface area contributed by atoms with E-state index in [1.54, 1.807) is 25.7 Å². The Kier molecular flexibility index (Phi) is 5.56. The third-order valence-electron chi connectivity index (χ3n) is 4.12. The van der Waals surface area contributed by atoms with Gasteiger partial charge in [0.1, 0.15) is 11.6 Å². The molecule has 3 N–H and O–H groups in total. The maximum absolute atomic E-state index is 12.1. The summed E-state index contributed by atoms with van der Waals surface area (Å²) < 4.78 is 5.14. The zero-order valence-corrected chi connectivity index (χ0v) is 15.1. The van der Waals surface area contributed by atoms with Gasteiger partial charge < -0.3 is 20.3 Å². The van der Waals surface area contributed by atoms with Crippen LogP contribution >= 0.6 is 0 Å². The summed E-state index contributed by atoms with van der Waals surface area (Å²) >= 11 is 0. The SMILES string of the molecule is CC(C)(C)OC(=O)N[C@]1(C(=O)O)C[C@H](C(=O)O)N(Cc2ccccc2)C1. The maximum atomic E-state index is 12.1. The molecule has 26 heavy (non-hydrogen) atoms. The summed E-state index contributed by atoms with van der Waals surface area (Å²) in [4.78, 5) is 37.2. The number of amides is 1. The molecule has 1 amide bonds. The first-order valence-electron chi connectivity index (χ1n) is 8.28. The molecule has 2 atom stereocenters. The van der Waals surface area contributed by atoms with E-state index in [-0.39, 0.29) is 19.5 Å². The monoisotopic (exact) mass is 364 g/mol. The molecule has 1 fully saturated rings. The Labute approximate surface area is 151 Å². The number of hydrogen-bond donors (Lipinski definition) is 3. The van der Waals surface area contributed by atoms with Crippen LogP contribution in [0.15, 0.2) is 30.3 Å². The van der Waals surface area contributed by atoms with Crippen LogP contribution in [0.25, 0.3) is 0 Å². The lowest BCUT2D eigenvalue weighted by atomic mass is 9.96. The lowest BCUT2D eigenvalue weighted by molar-refractivity contribution is -0.144. The first kappa shape index (κ1) is 19.7. The van der Waals surface area contributed by atoms with Crippen molar-refractivity contribution in [3.05, 3.63) is 35.9 Å². The summed E-state index contributed by atoms with van der Waals surface area (Å²) in [7, 11) is 0. The highest BCUT2D eigenvalue weighted by Crippen LogP contribution is 2.30. The van der Waals surface area contributed by atoms with Gasteiger partial charge in [0, 0.05) is 19.5 Å². The van der Waals surface area contributed by atoms with Crippen molar-refractivity contribution in [3.63, 3.8) is 0 Å². The Bertz CT molecular complexity index is 685. The summed E-state index contributed by atoms with van der Waals surface area (Å²) in [6, 6.07) is 8.13. The molecule has 8 nitrogen and oxygen atoms in total. The fourth-order valence-corrected chi connectivity index (χ4v) is 3.01. The largest absolute Gasteiger partial charge is 0.480 e. The Balaban J connectivity index is 2.23. The van der Waals surface area contributed by atoms with Crippen molar-refractivity contribution in [2.45, 2.75) is 50.9 Å². The van der Waals surface area contributed by atoms with Gasteiger partial charge in [0.15, 0.2) is 5.54 Å². The van der Waals surface area contributed by atoms with Crippen molar-refractivity contribution < 1.29 is 29.3 Å². The summed E-state index contributed by atoms with van der Waals surface area (Å²) in [5, 5.41) is 21.6. The second-order valence-corrected chi connectivity index (χ2v) is 7.46. The summed E-state index contributed by atoms with van der Waals surface area (Å²) in [6.45, 7) is 5.12. The van der Waals surface area contributed by atoms with Gasteiger partial charge in [0.05, 0.1) is 0 Å². The molecule has 1 heterocycles. The number of likely N-dealkylation sites (tertiary alicyclic amines) is 1. The normalized spacial score (nSPS) is 23.4. The van der Waals surface area contributed by atoms with Gasteiger partial charge in [-0.05, 0) is 26.3 Å². The number of rotatable bonds is 5. The van der Waals surface area contributed by atoms with Crippen LogP contribution in [-0.4, -0.2) is 56.9 Å². The standard InChI is InChI=1S/C18H24N2O6/c1-17(2,3)26-16(25)19-18(15(23)24)9-13(14(21)22)20(11-18)10-12-7-5-4-6-8-12/h4-8,13H,9-11H2,1-3H3,(H,19,25)(H,21,22)(H,23,24)/t13-,18-/m1/s1. The first-order valence-corrected chi connectivity index (χ1v) is 8.28. The van der Waals surface area contributed by atoms with Crippen molar-refractivity contribution in [3.8, 4) is 0 Å². The van der Waals surface area contributed by atoms with Crippen LogP contribution in [0.1, 0.15) is 32.8 Å². The quantitative estimate of drug-likeness (QED) is 0.728. The zero-order valence-electron chi connectivity index (χ0n) is 15.1. The molecule has 1 saturated heterocycles. The lowest BCUT2D eigenvalue weighted by Gasteiger charge is -2.28. The van der Waals surface area contributed by atoms with Crippen molar-refractivity contribution in [2.24, 2.45) is 0 Å². The number of carbonyl (C=O) groups is 3. The van der Waals surface area contributed by atoms with Crippen LogP contribution in [0.2, 0.25) is 0 Å². The van der Waals surface area contributed by atoms with Gasteiger partial charge in [0.2, 0.25) is 0 Å². The second kappa shape index (κ2) is 7.33. The number of ether oxygens (including phenoxy) is 1. The molecule has 2 rings (SSSR count). The topological polar surface area (TPSA) is 116 Å². The van der Waals surface area contributed by atoms with Crippen LogP contribution in [0, 0.1) is 0 Å². The van der Waals surface area contributed by atoms with Gasteiger partial charge in [-0.1, -0.05) is 30.3 Å². The molecule has 1 aromatic rings. The molecule has 0 bridgehead atoms. The van der Waals surface area contributed by atoms with Crippen molar-refractivity contribution in [1.82, 2.24) is 10.2 Å². The molecule has 0 radical (unpaired) electrons. The Morgan fingerprint density at radius 1 is 1.23 bits per heavy atom. The van der Waals surface area contributed by atoms with E-state index in [2.05, 4.69) is 5.32 Å². The smallest absolute Gasteiger partial charge is 0.408 e. The molecular formula is C18H24N2O6. The number of nitrogens with zero attached hydrogens (tertiary/aromatic N) is 1. The molecular weight excluding hydrogens is 340 g/mol. The van der Waals surface area contributed by atoms with Crippen LogP contribution in [0.4, 0.5) is 4.79 Å². The number of alkyl carbamates (subject to hydrolysis) is 1. The molecule has 1 aromatic carbocycles. The minimum atomic E-state index is -1.72. The molecule has 8 heteroatoms. The fourth-order valence-electron chi connectivity index (χ4n) is 3.01. The molecule has 1 aliphatic heterocycles. The second-order valence-electron chi connectivity index (χ2n) is 7.46. The van der Waals surface area contributed by atoms with Crippen molar-refractivity contribution in [1.29, 1.82) is 0 Å². The molecule has 0 aromatic heterocycles. The number of carboxylic acids is 2. The van der Waals surface area contributed by atoms with Gasteiger partial charge in [-0.3, -0.25) is 9.69 Å². The van der Waals surface area contributed by atoms with E-state index in [9.17, 15) is 24.6 Å². The highest BCUT2D eigenvalue weighted by molar-refractivity contribution is 5.87. The average Bonchev–Trinajstić information content (AvgIpc) is 2.86. The van der Waals surface area contributed by atoms with Crippen molar-refractivity contribution >= 4 is 18.0 Å². The van der Waals surface area contributed by atoms with Gasteiger partial charge in [-0.2, -0.15) is 0 Å². The Morgan fingerprint density at radius 2 is 1.85 bits per heavy atom. The average molecular weight is 364 g/mol. The van der Waals surface area contributed by atoms with Gasteiger partial charge in [0.25, 0.3) is 0 Å². The van der Waals surface area contributed by atoms with Gasteiger partial charge >= 0.3 is 18.0 Å². The molecule has 142 valence electrons. The van der Waals surface area contributed by atoms with Crippen LogP contribution in [-0.2, 0) is 20.9 Å². The van der Waals surface area contributed by atoms with Gasteiger partial charge in [-0.15, -0.1) is 0 Å². The summed E-state index contributed by atoms with van der Waals surface area (Å²) in [5.74, 6) is -2.42. The third kappa shape index (κ3) is 4.72. The first-order chi connectivity index (χ1) is 12.0. The highest BCUT2D eigenvalue weighted by Gasteiger charge is 2.53. The number of carboxylic acid groups (broad SMARTS) is 2. The van der Waals surface area contributed by atoms with Gasteiger partial charge in [-0.25, -0.2) is 9.59 Å². The molecule has 1 aliphatic rings. The Hall–Kier alpha value is -2.61. The van der Waals surface area contributed by atoms with E-state index in [0.29, 0.717) is 0 Å². The highest BCUT2D eigenvalue weighted by atomic mass is 16.6.